The number of carbonyl (C=O) groups excluding carboxylic acids is 5. The van der Waals surface area contributed by atoms with Gasteiger partial charge in [0, 0.05) is 117 Å². The number of urea groups is 1. The fourth-order valence-corrected chi connectivity index (χ4v) is 11.4. The molecule has 1 saturated carbocycles. The summed E-state index contributed by atoms with van der Waals surface area (Å²) in [5.74, 6) is 0.943. The summed E-state index contributed by atoms with van der Waals surface area (Å²) in [6, 6.07) is 14.4. The van der Waals surface area contributed by atoms with Gasteiger partial charge >= 0.3 is 6.03 Å². The lowest BCUT2D eigenvalue weighted by Crippen LogP contribution is -2.55. The largest absolute Gasteiger partial charge is 0.494 e. The van der Waals surface area contributed by atoms with Crippen LogP contribution < -0.4 is 20.8 Å². The summed E-state index contributed by atoms with van der Waals surface area (Å²) < 4.78 is 20.5. The van der Waals surface area contributed by atoms with Crippen molar-refractivity contribution >= 4 is 62.5 Å². The highest BCUT2D eigenvalue weighted by Gasteiger charge is 2.44. The van der Waals surface area contributed by atoms with Crippen molar-refractivity contribution in [3.05, 3.63) is 89.0 Å². The van der Waals surface area contributed by atoms with Crippen LogP contribution in [0.1, 0.15) is 107 Å². The zero-order chi connectivity index (χ0) is 46.6. The smallest absolute Gasteiger partial charge is 0.317 e. The van der Waals surface area contributed by atoms with Gasteiger partial charge in [-0.25, -0.2) is 14.6 Å². The number of nitrogens with zero attached hydrogens (tertiary/aromatic N) is 5. The minimum absolute atomic E-state index is 0.0463. The van der Waals surface area contributed by atoms with Gasteiger partial charge in [0.05, 0.1) is 12.3 Å². The number of carbonyl (C=O) groups is 5. The molecule has 0 bridgehead atoms. The van der Waals surface area contributed by atoms with Gasteiger partial charge < -0.3 is 30.0 Å². The van der Waals surface area contributed by atoms with Gasteiger partial charge in [0.1, 0.15) is 17.3 Å². The van der Waals surface area contributed by atoms with Crippen molar-refractivity contribution in [1.29, 1.82) is 0 Å². The van der Waals surface area contributed by atoms with E-state index in [-0.39, 0.29) is 59.1 Å². The predicted octanol–water partition coefficient (Wildman–Crippen LogP) is 7.33. The molecule has 66 heavy (non-hydrogen) atoms. The molecule has 1 aromatic heterocycles. The number of likely N-dealkylation sites (tertiary alicyclic amines) is 1. The van der Waals surface area contributed by atoms with Crippen LogP contribution in [0, 0.1) is 11.7 Å². The molecule has 2 saturated heterocycles. The molecule has 2 aliphatic carbocycles. The number of halogens is 1. The lowest BCUT2D eigenvalue weighted by Gasteiger charge is -2.42. The fourth-order valence-electron chi connectivity index (χ4n) is 8.94. The molecule has 7 rings (SSSR count). The van der Waals surface area contributed by atoms with E-state index in [0.717, 1.165) is 79.8 Å². The minimum atomic E-state index is -0.487. The third kappa shape index (κ3) is 14.0. The number of ether oxygens (including phenoxy) is 1. The molecule has 0 unspecified atom stereocenters. The number of piperazine rings is 1. The van der Waals surface area contributed by atoms with Crippen LogP contribution >= 0.6 is 21.6 Å². The summed E-state index contributed by atoms with van der Waals surface area (Å²) in [7, 11) is 3.23. The Labute approximate surface area is 395 Å². The zero-order valence-corrected chi connectivity index (χ0v) is 40.0. The molecule has 2 aliphatic heterocycles. The fraction of sp³-hybridized carbons (Fsp3) is 0.531. The van der Waals surface area contributed by atoms with E-state index in [1.165, 1.54) is 6.07 Å². The molecule has 0 radical (unpaired) electrons. The molecule has 3 heterocycles. The maximum absolute atomic E-state index is 15.0. The molecule has 2 atom stereocenters. The average molecular weight is 943 g/mol. The third-order valence-electron chi connectivity index (χ3n) is 12.7. The van der Waals surface area contributed by atoms with Crippen LogP contribution in [0.4, 0.5) is 14.9 Å². The van der Waals surface area contributed by atoms with Crippen molar-refractivity contribution < 1.29 is 33.1 Å². The summed E-state index contributed by atoms with van der Waals surface area (Å²) >= 11 is 0. The van der Waals surface area contributed by atoms with Crippen LogP contribution in [0.25, 0.3) is 0 Å². The Hall–Kier alpha value is -5.00. The molecule has 3 N–H and O–H groups in total. The molecule has 14 nitrogen and oxygen atoms in total. The second kappa shape index (κ2) is 23.1. The number of rotatable bonds is 19. The number of piperidine rings is 1. The number of hydrogen-bond donors (Lipinski definition) is 3. The number of hydrazone groups is 1. The van der Waals surface area contributed by atoms with Crippen molar-refractivity contribution in [2.75, 3.05) is 56.9 Å². The zero-order valence-electron chi connectivity index (χ0n) is 38.3. The second-order valence-electron chi connectivity index (χ2n) is 18.3. The number of ketones is 1. The van der Waals surface area contributed by atoms with Crippen molar-refractivity contribution in [3.63, 3.8) is 0 Å². The highest BCUT2D eigenvalue weighted by molar-refractivity contribution is 8.77. The van der Waals surface area contributed by atoms with Crippen molar-refractivity contribution in [2.45, 2.75) is 108 Å². The molecule has 4 aliphatic rings. The Bertz CT molecular complexity index is 2230. The average Bonchev–Trinajstić information content (AvgIpc) is 4.13. The first-order valence-electron chi connectivity index (χ1n) is 23.3. The summed E-state index contributed by atoms with van der Waals surface area (Å²) in [4.78, 5) is 73.4. The molecule has 3 fully saturated rings. The number of pyridine rings is 1. The number of aryl methyl sites for hydroxylation is 1. The molecule has 17 heteroatoms. The number of hydrogen-bond acceptors (Lipinski definition) is 11. The monoisotopic (exact) mass is 942 g/mol. The maximum Gasteiger partial charge on any atom is 0.317 e. The minimum Gasteiger partial charge on any atom is -0.494 e. The first kappa shape index (κ1) is 48.9. The highest BCUT2D eigenvalue weighted by Crippen LogP contribution is 2.47. The molecule has 5 amide bonds. The Morgan fingerprint density at radius 2 is 1.76 bits per heavy atom. The predicted molar refractivity (Wildman–Crippen MR) is 258 cm³/mol. The van der Waals surface area contributed by atoms with Gasteiger partial charge in [0.25, 0.3) is 0 Å². The maximum atomic E-state index is 15.0. The van der Waals surface area contributed by atoms with E-state index in [1.54, 1.807) is 57.9 Å². The van der Waals surface area contributed by atoms with Gasteiger partial charge in [0.2, 0.25) is 17.7 Å². The number of nitrogens with one attached hydrogen (secondary N) is 3. The molecule has 3 aromatic rings. The van der Waals surface area contributed by atoms with Crippen LogP contribution in [0.5, 0.6) is 5.75 Å². The standard InChI is InChI=1S/C49H63FN8O6S2/c1-33(59)7-6-25-64-39-13-14-40-34(27-39)8-4-10-44(40)54-55-45(60)30-49(2,3)66-65-26-17-46(61)57-23-21-56(22-24-57)38-15-19-58(20-16-38)48(63)52-32-36-11-12-37(28-43(36)50)53-47(62)42-29-41(42)35-9-5-18-51-31-35/h5,9,11-14,18,27-28,31,38,41-42H,4,6-8,10,15-17,19-26,29-30,32H2,1-3H3,(H,52,63)(H,53,62)(H,55,60)/b54-44+/t41-,42+/m1/s1. The second-order valence-corrected chi connectivity index (χ2v) is 21.5. The van der Waals surface area contributed by atoms with Crippen LogP contribution in [0.3, 0.4) is 0 Å². The van der Waals surface area contributed by atoms with Gasteiger partial charge in [-0.15, -0.1) is 0 Å². The Morgan fingerprint density at radius 1 is 0.955 bits per heavy atom. The van der Waals surface area contributed by atoms with E-state index in [2.05, 4.69) is 31.0 Å². The van der Waals surface area contributed by atoms with E-state index < -0.39 is 5.82 Å². The number of fused-ring (bicyclic) bond motifs is 1. The lowest BCUT2D eigenvalue weighted by atomic mass is 9.90. The van der Waals surface area contributed by atoms with Crippen molar-refractivity contribution in [1.82, 2.24) is 30.4 Å². The van der Waals surface area contributed by atoms with Crippen LogP contribution in [-0.4, -0.2) is 117 Å². The van der Waals surface area contributed by atoms with Gasteiger partial charge in [-0.3, -0.25) is 24.3 Å². The first-order valence-corrected chi connectivity index (χ1v) is 25.6. The summed E-state index contributed by atoms with van der Waals surface area (Å²) in [6.45, 7) is 10.3. The van der Waals surface area contributed by atoms with Crippen LogP contribution in [0.2, 0.25) is 0 Å². The quantitative estimate of drug-likeness (QED) is 0.0630. The lowest BCUT2D eigenvalue weighted by molar-refractivity contribution is -0.133. The van der Waals surface area contributed by atoms with E-state index in [9.17, 15) is 24.0 Å². The molecular formula is C49H63FN8O6S2. The first-order chi connectivity index (χ1) is 31.8. The molecular weight excluding hydrogens is 880 g/mol. The van der Waals surface area contributed by atoms with Gasteiger partial charge in [-0.2, -0.15) is 5.10 Å². The topological polar surface area (TPSA) is 166 Å². The molecule has 2 aromatic carbocycles. The molecule has 0 spiro atoms. The number of benzene rings is 2. The number of Topliss-reactive ketones (excluding diaryl/α,β-unsaturated/α-hetero) is 1. The van der Waals surface area contributed by atoms with Crippen LogP contribution in [0.15, 0.2) is 66.0 Å². The van der Waals surface area contributed by atoms with E-state index in [0.29, 0.717) is 75.1 Å². The molecule has 354 valence electrons. The van der Waals surface area contributed by atoms with E-state index in [1.807, 2.05) is 49.1 Å². The highest BCUT2D eigenvalue weighted by atomic mass is 33.1. The SMILES string of the molecule is CC(=O)CCCOc1ccc2c(c1)CCC/C2=N\NC(=O)CC(C)(C)SSCCC(=O)N1CCN(C2CCN(C(=O)NCc3ccc(NC(=O)[C@H]4C[C@@H]4c4cccnc4)cc3F)CC2)CC1. The normalized spacial score (nSPS) is 19.5. The van der Waals surface area contributed by atoms with E-state index in [4.69, 9.17) is 4.74 Å². The van der Waals surface area contributed by atoms with Crippen molar-refractivity contribution in [2.24, 2.45) is 11.0 Å². The Balaban J connectivity index is 0.740. The van der Waals surface area contributed by atoms with Crippen molar-refractivity contribution in [3.8, 4) is 5.75 Å². The van der Waals surface area contributed by atoms with Gasteiger partial charge in [-0.1, -0.05) is 33.7 Å². The Kier molecular flexibility index (Phi) is 17.2. The third-order valence-corrected chi connectivity index (χ3v) is 16.0. The summed E-state index contributed by atoms with van der Waals surface area (Å²) in [6.07, 6.45) is 10.5. The number of amides is 5. The van der Waals surface area contributed by atoms with Crippen LogP contribution in [-0.2, 0) is 32.1 Å². The van der Waals surface area contributed by atoms with E-state index >= 15 is 4.39 Å². The summed E-state index contributed by atoms with van der Waals surface area (Å²) in [5.41, 5.74) is 7.59. The number of anilines is 1. The van der Waals surface area contributed by atoms with Gasteiger partial charge in [-0.05, 0) is 119 Å². The van der Waals surface area contributed by atoms with Gasteiger partial charge in [0.15, 0.2) is 0 Å². The number of aromatic nitrogens is 1. The Morgan fingerprint density at radius 3 is 2.50 bits per heavy atom. The summed E-state index contributed by atoms with van der Waals surface area (Å²) in [5, 5.41) is 10.2.